The van der Waals surface area contributed by atoms with Gasteiger partial charge in [0, 0.05) is 22.9 Å². The van der Waals surface area contributed by atoms with Crippen LogP contribution in [0.2, 0.25) is 0 Å². The maximum atomic E-state index is 13.0. The molecule has 1 heterocycles. The maximum Gasteiger partial charge on any atom is 0.141 e. The molecule has 0 radical (unpaired) electrons. The first-order chi connectivity index (χ1) is 8.56. The van der Waals surface area contributed by atoms with Crippen LogP contribution in [0.1, 0.15) is 16.7 Å². The fourth-order valence-electron chi connectivity index (χ4n) is 1.93. The van der Waals surface area contributed by atoms with E-state index in [1.54, 1.807) is 6.20 Å². The van der Waals surface area contributed by atoms with Crippen molar-refractivity contribution in [2.75, 3.05) is 5.32 Å². The van der Waals surface area contributed by atoms with Crippen molar-refractivity contribution < 1.29 is 4.39 Å². The highest BCUT2D eigenvalue weighted by Gasteiger charge is 2.04. The zero-order valence-corrected chi connectivity index (χ0v) is 11.9. The molecule has 2 rings (SSSR count). The van der Waals surface area contributed by atoms with Gasteiger partial charge in [0.25, 0.3) is 0 Å². The van der Waals surface area contributed by atoms with Gasteiger partial charge < -0.3 is 5.32 Å². The van der Waals surface area contributed by atoms with E-state index in [9.17, 15) is 4.39 Å². The van der Waals surface area contributed by atoms with Gasteiger partial charge in [-0.15, -0.1) is 0 Å². The summed E-state index contributed by atoms with van der Waals surface area (Å²) in [5.74, 6) is -0.307. The summed E-state index contributed by atoms with van der Waals surface area (Å²) in [5.41, 5.74) is 4.23. The van der Waals surface area contributed by atoms with Crippen molar-refractivity contribution in [3.8, 4) is 0 Å². The van der Waals surface area contributed by atoms with Gasteiger partial charge in [-0.3, -0.25) is 4.98 Å². The third-order valence-electron chi connectivity index (χ3n) is 2.73. The number of aryl methyl sites for hydroxylation is 2. The van der Waals surface area contributed by atoms with Crippen LogP contribution in [0.5, 0.6) is 0 Å². The number of nitrogens with zero attached hydrogens (tertiary/aromatic N) is 1. The second-order valence-electron chi connectivity index (χ2n) is 4.28. The molecule has 0 bridgehead atoms. The molecule has 0 saturated carbocycles. The van der Waals surface area contributed by atoms with Gasteiger partial charge in [0.2, 0.25) is 0 Å². The van der Waals surface area contributed by atoms with E-state index >= 15 is 0 Å². The van der Waals surface area contributed by atoms with E-state index < -0.39 is 0 Å². The molecule has 0 amide bonds. The van der Waals surface area contributed by atoms with Gasteiger partial charge in [-0.25, -0.2) is 4.39 Å². The van der Waals surface area contributed by atoms with Gasteiger partial charge in [-0.1, -0.05) is 15.9 Å². The van der Waals surface area contributed by atoms with E-state index in [1.807, 2.05) is 13.8 Å². The first-order valence-electron chi connectivity index (χ1n) is 5.66. The summed E-state index contributed by atoms with van der Waals surface area (Å²) in [6.07, 6.45) is 2.87. The highest BCUT2D eigenvalue weighted by Crippen LogP contribution is 2.25. The number of hydrogen-bond acceptors (Lipinski definition) is 2. The molecule has 18 heavy (non-hydrogen) atoms. The lowest BCUT2D eigenvalue weighted by Gasteiger charge is -2.13. The minimum absolute atomic E-state index is 0.307. The molecule has 0 aliphatic rings. The van der Waals surface area contributed by atoms with E-state index in [0.717, 1.165) is 26.9 Å². The number of anilines is 1. The van der Waals surface area contributed by atoms with Gasteiger partial charge in [0.05, 0.1) is 6.20 Å². The standard InChI is InChI=1S/C14H14BrFN2/c1-9-3-12(15)4-10(2)14(9)18-7-11-5-13(16)8-17-6-11/h3-6,8,18H,7H2,1-2H3. The molecule has 0 atom stereocenters. The fraction of sp³-hybridized carbons (Fsp3) is 0.214. The molecular weight excluding hydrogens is 295 g/mol. The monoisotopic (exact) mass is 308 g/mol. The molecule has 94 valence electrons. The quantitative estimate of drug-likeness (QED) is 0.918. The normalized spacial score (nSPS) is 10.4. The van der Waals surface area contributed by atoms with Crippen LogP contribution in [0.3, 0.4) is 0 Å². The number of rotatable bonds is 3. The molecule has 1 aromatic carbocycles. The van der Waals surface area contributed by atoms with Crippen LogP contribution in [0, 0.1) is 19.7 Å². The molecule has 1 aromatic heterocycles. The lowest BCUT2D eigenvalue weighted by atomic mass is 10.1. The van der Waals surface area contributed by atoms with E-state index in [2.05, 4.69) is 38.4 Å². The van der Waals surface area contributed by atoms with Gasteiger partial charge >= 0.3 is 0 Å². The van der Waals surface area contributed by atoms with Crippen molar-refractivity contribution >= 4 is 21.6 Å². The van der Waals surface area contributed by atoms with Crippen molar-refractivity contribution in [3.63, 3.8) is 0 Å². The Morgan fingerprint density at radius 3 is 2.44 bits per heavy atom. The Bertz CT molecular complexity index is 546. The van der Waals surface area contributed by atoms with Crippen LogP contribution in [-0.4, -0.2) is 4.98 Å². The van der Waals surface area contributed by atoms with Crippen molar-refractivity contribution in [2.45, 2.75) is 20.4 Å². The second kappa shape index (κ2) is 5.48. The van der Waals surface area contributed by atoms with E-state index in [-0.39, 0.29) is 5.82 Å². The summed E-state index contributed by atoms with van der Waals surface area (Å²) >= 11 is 3.47. The predicted octanol–water partition coefficient (Wildman–Crippen LogP) is 4.21. The smallest absolute Gasteiger partial charge is 0.141 e. The highest BCUT2D eigenvalue weighted by atomic mass is 79.9. The van der Waals surface area contributed by atoms with Crippen molar-refractivity contribution in [1.29, 1.82) is 0 Å². The van der Waals surface area contributed by atoms with Crippen LogP contribution >= 0.6 is 15.9 Å². The lowest BCUT2D eigenvalue weighted by Crippen LogP contribution is -2.03. The topological polar surface area (TPSA) is 24.9 Å². The Morgan fingerprint density at radius 2 is 1.83 bits per heavy atom. The Hall–Kier alpha value is -1.42. The molecular formula is C14H14BrFN2. The van der Waals surface area contributed by atoms with Gasteiger partial charge in [-0.05, 0) is 48.7 Å². The highest BCUT2D eigenvalue weighted by molar-refractivity contribution is 9.10. The van der Waals surface area contributed by atoms with Crippen LogP contribution in [0.25, 0.3) is 0 Å². The third-order valence-corrected chi connectivity index (χ3v) is 3.19. The summed E-state index contributed by atoms with van der Waals surface area (Å²) in [5, 5.41) is 3.32. The van der Waals surface area contributed by atoms with E-state index in [1.165, 1.54) is 12.3 Å². The van der Waals surface area contributed by atoms with Crippen molar-refractivity contribution in [2.24, 2.45) is 0 Å². The molecule has 0 aliphatic carbocycles. The van der Waals surface area contributed by atoms with Crippen LogP contribution in [0.15, 0.2) is 35.1 Å². The van der Waals surface area contributed by atoms with Crippen LogP contribution in [0.4, 0.5) is 10.1 Å². The minimum atomic E-state index is -0.307. The largest absolute Gasteiger partial charge is 0.380 e. The number of halogens is 2. The lowest BCUT2D eigenvalue weighted by molar-refractivity contribution is 0.619. The Balaban J connectivity index is 2.16. The van der Waals surface area contributed by atoms with Gasteiger partial charge in [-0.2, -0.15) is 0 Å². The molecule has 0 saturated heterocycles. The second-order valence-corrected chi connectivity index (χ2v) is 5.20. The first kappa shape index (κ1) is 13.0. The average Bonchev–Trinajstić information content (AvgIpc) is 2.27. The Morgan fingerprint density at radius 1 is 1.17 bits per heavy atom. The number of hydrogen-bond donors (Lipinski definition) is 1. The van der Waals surface area contributed by atoms with Crippen molar-refractivity contribution in [1.82, 2.24) is 4.98 Å². The van der Waals surface area contributed by atoms with Gasteiger partial charge in [0.1, 0.15) is 5.82 Å². The molecule has 2 nitrogen and oxygen atoms in total. The summed E-state index contributed by atoms with van der Waals surface area (Å²) in [7, 11) is 0. The van der Waals surface area contributed by atoms with Crippen molar-refractivity contribution in [3.05, 3.63) is 57.6 Å². The SMILES string of the molecule is Cc1cc(Br)cc(C)c1NCc1cncc(F)c1. The summed E-state index contributed by atoms with van der Waals surface area (Å²) in [4.78, 5) is 3.83. The van der Waals surface area contributed by atoms with Gasteiger partial charge in [0.15, 0.2) is 0 Å². The van der Waals surface area contributed by atoms with E-state index in [0.29, 0.717) is 6.54 Å². The number of pyridine rings is 1. The Kier molecular flexibility index (Phi) is 3.97. The molecule has 0 aliphatic heterocycles. The zero-order chi connectivity index (χ0) is 13.1. The first-order valence-corrected chi connectivity index (χ1v) is 6.45. The molecule has 4 heteroatoms. The molecule has 0 fully saturated rings. The molecule has 2 aromatic rings. The third kappa shape index (κ3) is 3.07. The molecule has 1 N–H and O–H groups in total. The fourth-order valence-corrected chi connectivity index (χ4v) is 2.62. The minimum Gasteiger partial charge on any atom is -0.380 e. The summed E-state index contributed by atoms with van der Waals surface area (Å²) in [6, 6.07) is 5.60. The number of benzene rings is 1. The number of aromatic nitrogens is 1. The van der Waals surface area contributed by atoms with Crippen LogP contribution < -0.4 is 5.32 Å². The summed E-state index contributed by atoms with van der Waals surface area (Å²) in [6.45, 7) is 4.65. The zero-order valence-electron chi connectivity index (χ0n) is 10.3. The molecule has 0 unspecified atom stereocenters. The van der Waals surface area contributed by atoms with Crippen LogP contribution in [-0.2, 0) is 6.54 Å². The van der Waals surface area contributed by atoms with E-state index in [4.69, 9.17) is 0 Å². The number of nitrogens with one attached hydrogen (secondary N) is 1. The summed E-state index contributed by atoms with van der Waals surface area (Å²) < 4.78 is 14.1. The predicted molar refractivity (Wildman–Crippen MR) is 75.1 cm³/mol. The maximum absolute atomic E-state index is 13.0. The molecule has 0 spiro atoms. The average molecular weight is 309 g/mol. The Labute approximate surface area is 114 Å².